The first kappa shape index (κ1) is 23.5. The van der Waals surface area contributed by atoms with E-state index in [2.05, 4.69) is 19.5 Å². The second-order valence-corrected chi connectivity index (χ2v) is 11.3. The van der Waals surface area contributed by atoms with Gasteiger partial charge in [0.1, 0.15) is 21.9 Å². The molecule has 3 heterocycles. The average molecular weight is 533 g/mol. The lowest BCUT2D eigenvalue weighted by Gasteiger charge is -2.20. The third-order valence-electron chi connectivity index (χ3n) is 5.30. The maximum absolute atomic E-state index is 13.5. The fraction of sp³-hybridized carbons (Fsp3) is 0.0952. The molecule has 36 heavy (non-hydrogen) atoms. The molecule has 1 aliphatic rings. The van der Waals surface area contributed by atoms with E-state index in [-0.39, 0.29) is 28.5 Å². The first-order valence-corrected chi connectivity index (χ1v) is 13.5. The van der Waals surface area contributed by atoms with Crippen LogP contribution in [0, 0.1) is 5.82 Å². The molecular weight excluding hydrogens is 515 g/mol. The molecular formula is C21H17FN6O6S2. The van der Waals surface area contributed by atoms with Crippen LogP contribution in [0.2, 0.25) is 0 Å². The molecule has 15 heteroatoms. The Kier molecular flexibility index (Phi) is 5.33. The summed E-state index contributed by atoms with van der Waals surface area (Å²) in [5, 5.41) is 17.6. The van der Waals surface area contributed by atoms with Gasteiger partial charge in [-0.2, -0.15) is 18.0 Å². The first-order valence-electron chi connectivity index (χ1n) is 10.2. The maximum Gasteiger partial charge on any atom is 0.286 e. The van der Waals surface area contributed by atoms with Gasteiger partial charge >= 0.3 is 0 Å². The number of amidine groups is 1. The fourth-order valence-corrected chi connectivity index (χ4v) is 5.48. The van der Waals surface area contributed by atoms with E-state index >= 15 is 0 Å². The number of sulfonamides is 2. The second-order valence-electron chi connectivity index (χ2n) is 7.94. The fourth-order valence-electron chi connectivity index (χ4n) is 3.78. The van der Waals surface area contributed by atoms with Crippen LogP contribution in [-0.4, -0.2) is 48.2 Å². The number of aromatic nitrogens is 3. The van der Waals surface area contributed by atoms with Gasteiger partial charge in [-0.25, -0.2) is 12.8 Å². The lowest BCUT2D eigenvalue weighted by molar-refractivity contribution is 0.429. The number of halogens is 1. The zero-order valence-electron chi connectivity index (χ0n) is 18.4. The maximum atomic E-state index is 13.5. The predicted octanol–water partition coefficient (Wildman–Crippen LogP) is 1.32. The minimum Gasteiger partial charge on any atom is -0.493 e. The van der Waals surface area contributed by atoms with Crippen LogP contribution in [0.25, 0.3) is 5.65 Å². The van der Waals surface area contributed by atoms with Crippen LogP contribution in [0.1, 0.15) is 11.1 Å². The summed E-state index contributed by atoms with van der Waals surface area (Å²) < 4.78 is 70.4. The first-order chi connectivity index (χ1) is 16.9. The van der Waals surface area contributed by atoms with Crippen molar-refractivity contribution in [2.75, 3.05) is 16.3 Å². The molecule has 0 unspecified atom stereocenters. The van der Waals surface area contributed by atoms with Crippen LogP contribution in [-0.2, 0) is 26.6 Å². The predicted molar refractivity (Wildman–Crippen MR) is 129 cm³/mol. The summed E-state index contributed by atoms with van der Waals surface area (Å²) in [4.78, 5) is 13.2. The number of benzene rings is 2. The second kappa shape index (κ2) is 8.17. The molecule has 0 atom stereocenters. The largest absolute Gasteiger partial charge is 0.493 e. The van der Waals surface area contributed by atoms with Crippen molar-refractivity contribution in [2.45, 2.75) is 11.4 Å². The Morgan fingerprint density at radius 3 is 2.56 bits per heavy atom. The highest BCUT2D eigenvalue weighted by Gasteiger charge is 2.31. The average Bonchev–Trinajstić information content (AvgIpc) is 3.27. The van der Waals surface area contributed by atoms with Gasteiger partial charge in [0.05, 0.1) is 24.7 Å². The van der Waals surface area contributed by atoms with Crippen molar-refractivity contribution in [1.29, 1.82) is 0 Å². The van der Waals surface area contributed by atoms with E-state index in [1.807, 2.05) is 0 Å². The van der Waals surface area contributed by atoms with Gasteiger partial charge in [-0.3, -0.25) is 14.1 Å². The Labute approximate surface area is 203 Å². The van der Waals surface area contributed by atoms with E-state index in [1.54, 1.807) is 0 Å². The summed E-state index contributed by atoms with van der Waals surface area (Å²) in [6.45, 7) is -0.0290. The third kappa shape index (κ3) is 4.18. The van der Waals surface area contributed by atoms with E-state index in [9.17, 15) is 31.1 Å². The number of fused-ring (bicyclic) bond motifs is 2. The Hall–Kier alpha value is -4.24. The lowest BCUT2D eigenvalue weighted by Crippen LogP contribution is -2.34. The molecule has 4 aromatic rings. The van der Waals surface area contributed by atoms with E-state index in [4.69, 9.17) is 0 Å². The molecule has 0 aliphatic carbocycles. The molecule has 0 saturated carbocycles. The molecule has 0 spiro atoms. The summed E-state index contributed by atoms with van der Waals surface area (Å²) in [7, 11) is -8.07. The molecule has 0 fully saturated rings. The Balaban J connectivity index is 1.65. The summed E-state index contributed by atoms with van der Waals surface area (Å²) in [5.74, 6) is -1.54. The SMILES string of the molecule is CS(=O)(=O)Nc1ccc2c(c1)S(=O)(=O)N=C(c1c(O)n3nccc3n(Cc3ccc(F)cc3)c1=O)N2. The van der Waals surface area contributed by atoms with Crippen molar-refractivity contribution in [3.63, 3.8) is 0 Å². The van der Waals surface area contributed by atoms with Gasteiger partial charge in [0.2, 0.25) is 15.9 Å². The van der Waals surface area contributed by atoms with Crippen molar-refractivity contribution in [1.82, 2.24) is 14.2 Å². The van der Waals surface area contributed by atoms with E-state index in [1.165, 1.54) is 53.2 Å². The third-order valence-corrected chi connectivity index (χ3v) is 7.22. The van der Waals surface area contributed by atoms with Crippen LogP contribution in [0.15, 0.2) is 68.8 Å². The van der Waals surface area contributed by atoms with Crippen molar-refractivity contribution < 1.29 is 26.3 Å². The van der Waals surface area contributed by atoms with Gasteiger partial charge in [0.15, 0.2) is 5.84 Å². The zero-order chi connectivity index (χ0) is 25.8. The van der Waals surface area contributed by atoms with Crippen LogP contribution in [0.4, 0.5) is 15.8 Å². The van der Waals surface area contributed by atoms with Gasteiger partial charge in [-0.05, 0) is 35.9 Å². The highest BCUT2D eigenvalue weighted by atomic mass is 32.2. The summed E-state index contributed by atoms with van der Waals surface area (Å²) in [5.41, 5.74) is -0.431. The molecule has 186 valence electrons. The smallest absolute Gasteiger partial charge is 0.286 e. The molecule has 0 amide bonds. The number of hydrogen-bond donors (Lipinski definition) is 3. The van der Waals surface area contributed by atoms with Crippen LogP contribution in [0.5, 0.6) is 5.88 Å². The van der Waals surface area contributed by atoms with E-state index in [0.717, 1.165) is 16.8 Å². The Morgan fingerprint density at radius 2 is 1.86 bits per heavy atom. The van der Waals surface area contributed by atoms with Gasteiger partial charge in [0.25, 0.3) is 15.6 Å². The number of rotatable bonds is 5. The standard InChI is InChI=1S/C21H17FN6O6S2/c1-35(31,32)25-14-6-7-15-16(10-14)36(33,34)26-19(24-15)18-20(29)27(11-12-2-4-13(22)5-3-12)17-8-9-23-28(17)21(18)30/h2-10,25,30H,11H2,1H3,(H,24,26). The van der Waals surface area contributed by atoms with Gasteiger partial charge in [-0.15, -0.1) is 4.40 Å². The van der Waals surface area contributed by atoms with Crippen LogP contribution < -0.4 is 15.6 Å². The minimum atomic E-state index is -4.41. The molecule has 2 aromatic carbocycles. The summed E-state index contributed by atoms with van der Waals surface area (Å²) in [6, 6.07) is 10.6. The van der Waals surface area contributed by atoms with Crippen molar-refractivity contribution in [3.8, 4) is 5.88 Å². The quantitative estimate of drug-likeness (QED) is 0.346. The number of nitrogens with one attached hydrogen (secondary N) is 2. The van der Waals surface area contributed by atoms with Gasteiger partial charge in [-0.1, -0.05) is 12.1 Å². The number of aromatic hydroxyl groups is 1. The van der Waals surface area contributed by atoms with Crippen molar-refractivity contribution in [2.24, 2.45) is 4.40 Å². The molecule has 1 aliphatic heterocycles. The minimum absolute atomic E-state index is 0.00253. The topological polar surface area (TPSA) is 164 Å². The van der Waals surface area contributed by atoms with Crippen molar-refractivity contribution in [3.05, 3.63) is 82.0 Å². The van der Waals surface area contributed by atoms with Crippen LogP contribution in [0.3, 0.4) is 0 Å². The number of nitrogens with zero attached hydrogens (tertiary/aromatic N) is 4. The monoisotopic (exact) mass is 532 g/mol. The number of hydrogen-bond acceptors (Lipinski definition) is 8. The highest BCUT2D eigenvalue weighted by Crippen LogP contribution is 2.32. The molecule has 12 nitrogen and oxygen atoms in total. The molecule has 0 radical (unpaired) electrons. The van der Waals surface area contributed by atoms with E-state index < -0.39 is 48.7 Å². The molecule has 0 saturated heterocycles. The normalized spacial score (nSPS) is 14.7. The molecule has 0 bridgehead atoms. The van der Waals surface area contributed by atoms with Gasteiger partial charge < -0.3 is 10.4 Å². The number of anilines is 2. The molecule has 3 N–H and O–H groups in total. The molecule has 2 aromatic heterocycles. The summed E-state index contributed by atoms with van der Waals surface area (Å²) >= 11 is 0. The Morgan fingerprint density at radius 1 is 1.14 bits per heavy atom. The lowest BCUT2D eigenvalue weighted by atomic mass is 10.2. The highest BCUT2D eigenvalue weighted by molar-refractivity contribution is 7.92. The Bertz CT molecular complexity index is 1840. The summed E-state index contributed by atoms with van der Waals surface area (Å²) in [6.07, 6.45) is 2.26. The van der Waals surface area contributed by atoms with Crippen molar-refractivity contribution >= 4 is 42.9 Å². The van der Waals surface area contributed by atoms with Crippen LogP contribution >= 0.6 is 0 Å². The van der Waals surface area contributed by atoms with E-state index in [0.29, 0.717) is 5.56 Å². The molecule has 5 rings (SSSR count). The van der Waals surface area contributed by atoms with Gasteiger partial charge in [0, 0.05) is 11.8 Å². The zero-order valence-corrected chi connectivity index (χ0v) is 20.0.